The molecule has 78 valence electrons. The molecule has 0 aliphatic carbocycles. The Balaban J connectivity index is 1.86. The second-order valence-corrected chi connectivity index (χ2v) is 7.38. The maximum Gasteiger partial charge on any atom is 0.139 e. The molecular formula is C11H17NS2. The average molecular weight is 227 g/mol. The SMILES string of the molecule is C[C@@H](C#CC1(C)SS1)N1CCCCC1. The molecule has 0 aromatic rings. The fraction of sp³-hybridized carbons (Fsp3) is 0.818. The van der Waals surface area contributed by atoms with E-state index in [1.165, 1.54) is 32.4 Å². The Morgan fingerprint density at radius 3 is 2.43 bits per heavy atom. The predicted octanol–water partition coefficient (Wildman–Crippen LogP) is 2.98. The van der Waals surface area contributed by atoms with Crippen molar-refractivity contribution < 1.29 is 0 Å². The first kappa shape index (κ1) is 10.7. The number of rotatable bonds is 1. The van der Waals surface area contributed by atoms with Crippen molar-refractivity contribution in [3.63, 3.8) is 0 Å². The van der Waals surface area contributed by atoms with Crippen LogP contribution in [-0.2, 0) is 0 Å². The Morgan fingerprint density at radius 1 is 1.21 bits per heavy atom. The van der Waals surface area contributed by atoms with E-state index < -0.39 is 0 Å². The van der Waals surface area contributed by atoms with E-state index in [0.717, 1.165) is 0 Å². The highest BCUT2D eigenvalue weighted by molar-refractivity contribution is 8.93. The second kappa shape index (κ2) is 4.38. The first-order valence-electron chi connectivity index (χ1n) is 5.33. The van der Waals surface area contributed by atoms with Gasteiger partial charge in [0.1, 0.15) is 4.08 Å². The third kappa shape index (κ3) is 2.85. The summed E-state index contributed by atoms with van der Waals surface area (Å²) < 4.78 is 0.226. The number of nitrogens with zero attached hydrogens (tertiary/aromatic N) is 1. The van der Waals surface area contributed by atoms with Crippen molar-refractivity contribution in [2.24, 2.45) is 0 Å². The van der Waals surface area contributed by atoms with Gasteiger partial charge in [-0.1, -0.05) is 39.8 Å². The van der Waals surface area contributed by atoms with Crippen LogP contribution in [0, 0.1) is 11.8 Å². The molecule has 0 N–H and O–H groups in total. The van der Waals surface area contributed by atoms with Crippen molar-refractivity contribution in [1.82, 2.24) is 4.90 Å². The number of piperidine rings is 1. The molecule has 0 spiro atoms. The van der Waals surface area contributed by atoms with Crippen LogP contribution >= 0.6 is 21.6 Å². The van der Waals surface area contributed by atoms with Crippen LogP contribution in [0.4, 0.5) is 0 Å². The third-order valence-corrected chi connectivity index (χ3v) is 5.65. The second-order valence-electron chi connectivity index (χ2n) is 4.15. The molecular weight excluding hydrogens is 210 g/mol. The van der Waals surface area contributed by atoms with Gasteiger partial charge in [-0.2, -0.15) is 0 Å². The summed E-state index contributed by atoms with van der Waals surface area (Å²) in [7, 11) is 3.77. The Bertz CT molecular complexity index is 256. The van der Waals surface area contributed by atoms with E-state index in [9.17, 15) is 0 Å². The van der Waals surface area contributed by atoms with Gasteiger partial charge >= 0.3 is 0 Å². The predicted molar refractivity (Wildman–Crippen MR) is 66.2 cm³/mol. The molecule has 3 heteroatoms. The van der Waals surface area contributed by atoms with Gasteiger partial charge < -0.3 is 0 Å². The maximum atomic E-state index is 3.39. The normalized spacial score (nSPS) is 27.6. The first-order chi connectivity index (χ1) is 6.70. The molecule has 2 aliphatic heterocycles. The van der Waals surface area contributed by atoms with E-state index in [1.807, 2.05) is 21.6 Å². The lowest BCUT2D eigenvalue weighted by molar-refractivity contribution is 0.206. The Kier molecular flexibility index (Phi) is 3.36. The lowest BCUT2D eigenvalue weighted by atomic mass is 10.1. The molecule has 14 heavy (non-hydrogen) atoms. The van der Waals surface area contributed by atoms with Crippen LogP contribution in [0.1, 0.15) is 33.1 Å². The van der Waals surface area contributed by atoms with Crippen LogP contribution in [0.25, 0.3) is 0 Å². The molecule has 0 amide bonds. The Labute approximate surface area is 94.8 Å². The molecule has 2 fully saturated rings. The molecule has 2 rings (SSSR count). The lowest BCUT2D eigenvalue weighted by Gasteiger charge is -2.29. The Morgan fingerprint density at radius 2 is 1.86 bits per heavy atom. The highest BCUT2D eigenvalue weighted by Crippen LogP contribution is 2.63. The minimum absolute atomic E-state index is 0.226. The van der Waals surface area contributed by atoms with Crippen LogP contribution in [0.3, 0.4) is 0 Å². The van der Waals surface area contributed by atoms with Gasteiger partial charge in [-0.3, -0.25) is 4.90 Å². The summed E-state index contributed by atoms with van der Waals surface area (Å²) in [5.41, 5.74) is 0. The van der Waals surface area contributed by atoms with E-state index in [1.54, 1.807) is 0 Å². The average Bonchev–Trinajstić information content (AvgIpc) is 2.95. The molecule has 0 bridgehead atoms. The van der Waals surface area contributed by atoms with Crippen LogP contribution in [-0.4, -0.2) is 28.1 Å². The fourth-order valence-corrected chi connectivity index (χ4v) is 2.69. The molecule has 0 radical (unpaired) electrons. The van der Waals surface area contributed by atoms with E-state index in [2.05, 4.69) is 30.6 Å². The first-order valence-corrected chi connectivity index (χ1v) is 7.48. The highest BCUT2D eigenvalue weighted by atomic mass is 33.2. The fourth-order valence-electron chi connectivity index (χ4n) is 1.74. The van der Waals surface area contributed by atoms with Gasteiger partial charge in [-0.25, -0.2) is 0 Å². The zero-order valence-electron chi connectivity index (χ0n) is 8.88. The van der Waals surface area contributed by atoms with E-state index >= 15 is 0 Å². The van der Waals surface area contributed by atoms with Crippen LogP contribution < -0.4 is 0 Å². The van der Waals surface area contributed by atoms with Gasteiger partial charge in [0.2, 0.25) is 0 Å². The summed E-state index contributed by atoms with van der Waals surface area (Å²) in [5.74, 6) is 6.75. The molecule has 0 aromatic heterocycles. The summed E-state index contributed by atoms with van der Waals surface area (Å²) in [6.07, 6.45) is 4.11. The van der Waals surface area contributed by atoms with Crippen LogP contribution in [0.5, 0.6) is 0 Å². The van der Waals surface area contributed by atoms with Gasteiger partial charge in [-0.15, -0.1) is 0 Å². The number of likely N-dealkylation sites (tertiary alicyclic amines) is 1. The minimum atomic E-state index is 0.226. The zero-order chi connectivity index (χ0) is 10.0. The summed E-state index contributed by atoms with van der Waals surface area (Å²) in [6, 6.07) is 0.453. The van der Waals surface area contributed by atoms with Crippen LogP contribution in [0.2, 0.25) is 0 Å². The number of hydrogen-bond donors (Lipinski definition) is 0. The van der Waals surface area contributed by atoms with Crippen molar-refractivity contribution in [2.75, 3.05) is 13.1 Å². The summed E-state index contributed by atoms with van der Waals surface area (Å²) in [4.78, 5) is 2.51. The van der Waals surface area contributed by atoms with Crippen molar-refractivity contribution >= 4 is 21.6 Å². The smallest absolute Gasteiger partial charge is 0.139 e. The maximum absolute atomic E-state index is 3.39. The largest absolute Gasteiger partial charge is 0.290 e. The summed E-state index contributed by atoms with van der Waals surface area (Å²) in [5, 5.41) is 0. The molecule has 0 saturated carbocycles. The van der Waals surface area contributed by atoms with Gasteiger partial charge in [0.05, 0.1) is 6.04 Å². The lowest BCUT2D eigenvalue weighted by Crippen LogP contribution is -2.36. The zero-order valence-corrected chi connectivity index (χ0v) is 10.5. The summed E-state index contributed by atoms with van der Waals surface area (Å²) >= 11 is 0. The molecule has 0 unspecified atom stereocenters. The van der Waals surface area contributed by atoms with Crippen LogP contribution in [0.15, 0.2) is 0 Å². The van der Waals surface area contributed by atoms with Crippen molar-refractivity contribution in [3.05, 3.63) is 0 Å². The van der Waals surface area contributed by atoms with E-state index in [0.29, 0.717) is 6.04 Å². The minimum Gasteiger partial charge on any atom is -0.290 e. The molecule has 0 aromatic carbocycles. The van der Waals surface area contributed by atoms with E-state index in [4.69, 9.17) is 0 Å². The van der Waals surface area contributed by atoms with Crippen molar-refractivity contribution in [3.8, 4) is 11.8 Å². The summed E-state index contributed by atoms with van der Waals surface area (Å²) in [6.45, 7) is 6.93. The van der Waals surface area contributed by atoms with Crippen molar-refractivity contribution in [2.45, 2.75) is 43.2 Å². The monoisotopic (exact) mass is 227 g/mol. The van der Waals surface area contributed by atoms with Gasteiger partial charge in [0, 0.05) is 0 Å². The topological polar surface area (TPSA) is 3.24 Å². The van der Waals surface area contributed by atoms with Gasteiger partial charge in [-0.05, 0) is 39.8 Å². The van der Waals surface area contributed by atoms with Crippen molar-refractivity contribution in [1.29, 1.82) is 0 Å². The molecule has 1 nitrogen and oxygen atoms in total. The number of hydrogen-bond acceptors (Lipinski definition) is 3. The highest BCUT2D eigenvalue weighted by Gasteiger charge is 2.39. The Hall–Kier alpha value is 0.220. The molecule has 2 saturated heterocycles. The molecule has 2 heterocycles. The molecule has 1 atom stereocenters. The van der Waals surface area contributed by atoms with Gasteiger partial charge in [0.15, 0.2) is 0 Å². The standard InChI is InChI=1S/C11H17NS2/c1-10(6-7-11(2)13-14-11)12-8-4-3-5-9-12/h10H,3-5,8-9H2,1-2H3/t10-/m0/s1. The van der Waals surface area contributed by atoms with E-state index in [-0.39, 0.29) is 4.08 Å². The third-order valence-electron chi connectivity index (χ3n) is 2.78. The van der Waals surface area contributed by atoms with Gasteiger partial charge in [0.25, 0.3) is 0 Å². The molecule has 2 aliphatic rings. The quantitative estimate of drug-likeness (QED) is 0.385.